The summed E-state index contributed by atoms with van der Waals surface area (Å²) in [4.78, 5) is 12.8. The summed E-state index contributed by atoms with van der Waals surface area (Å²) in [6, 6.07) is 6.29. The van der Waals surface area contributed by atoms with Crippen LogP contribution in [0.5, 0.6) is 0 Å². The molecule has 0 saturated carbocycles. The molecule has 1 heterocycles. The van der Waals surface area contributed by atoms with Crippen molar-refractivity contribution in [3.63, 3.8) is 0 Å². The molecule has 1 unspecified atom stereocenters. The van der Waals surface area contributed by atoms with Gasteiger partial charge in [-0.25, -0.2) is 0 Å². The predicted octanol–water partition coefficient (Wildman–Crippen LogP) is 2.06. The topological polar surface area (TPSA) is 64.9 Å². The summed E-state index contributed by atoms with van der Waals surface area (Å²) < 4.78 is 0. The van der Waals surface area contributed by atoms with E-state index in [4.69, 9.17) is 5.26 Å². The highest BCUT2D eigenvalue weighted by atomic mass is 32.1. The van der Waals surface area contributed by atoms with E-state index in [1.807, 2.05) is 17.5 Å². The van der Waals surface area contributed by atoms with Crippen molar-refractivity contribution in [2.24, 2.45) is 5.92 Å². The van der Waals surface area contributed by atoms with Gasteiger partial charge in [-0.1, -0.05) is 19.9 Å². The van der Waals surface area contributed by atoms with E-state index in [1.54, 1.807) is 11.3 Å². The first-order valence-electron chi connectivity index (χ1n) is 6.05. The number of nitrogens with one attached hydrogen (secondary N) is 2. The third-order valence-electron chi connectivity index (χ3n) is 2.56. The van der Waals surface area contributed by atoms with Gasteiger partial charge in [0, 0.05) is 17.5 Å². The highest BCUT2D eigenvalue weighted by molar-refractivity contribution is 7.10. The molecule has 0 bridgehead atoms. The Balaban J connectivity index is 2.39. The molecule has 4 nitrogen and oxygen atoms in total. The first-order chi connectivity index (χ1) is 8.65. The molecule has 0 fully saturated rings. The molecular weight excluding hydrogens is 246 g/mol. The summed E-state index contributed by atoms with van der Waals surface area (Å²) in [5.41, 5.74) is 0. The van der Waals surface area contributed by atoms with Crippen molar-refractivity contribution < 1.29 is 4.79 Å². The molecule has 0 aliphatic heterocycles. The molecule has 1 rings (SSSR count). The van der Waals surface area contributed by atoms with Crippen LogP contribution in [0.15, 0.2) is 17.5 Å². The normalized spacial score (nSPS) is 12.1. The van der Waals surface area contributed by atoms with Crippen LogP contribution in [0.25, 0.3) is 0 Å². The van der Waals surface area contributed by atoms with Gasteiger partial charge in [0.25, 0.3) is 0 Å². The van der Waals surface area contributed by atoms with Crippen molar-refractivity contribution in [2.75, 3.05) is 13.1 Å². The maximum atomic E-state index is 11.5. The molecule has 0 aliphatic carbocycles. The Morgan fingerprint density at radius 2 is 2.33 bits per heavy atom. The van der Waals surface area contributed by atoms with Crippen molar-refractivity contribution >= 4 is 17.2 Å². The minimum atomic E-state index is -0.0625. The molecule has 1 aromatic heterocycles. The van der Waals surface area contributed by atoms with Crippen LogP contribution in [0.4, 0.5) is 0 Å². The van der Waals surface area contributed by atoms with Crippen LogP contribution < -0.4 is 10.6 Å². The average Bonchev–Trinajstić information content (AvgIpc) is 2.83. The van der Waals surface area contributed by atoms with Crippen molar-refractivity contribution in [2.45, 2.75) is 26.3 Å². The molecule has 0 aromatic carbocycles. The van der Waals surface area contributed by atoms with Gasteiger partial charge >= 0.3 is 0 Å². The predicted molar refractivity (Wildman–Crippen MR) is 73.1 cm³/mol. The zero-order chi connectivity index (χ0) is 13.4. The van der Waals surface area contributed by atoms with E-state index in [0.29, 0.717) is 18.9 Å². The first-order valence-corrected chi connectivity index (χ1v) is 6.93. The standard InChI is InChI=1S/C13H19N3OS/c1-10(2)13(11-5-3-8-18-11)16-9-12(17)15-7-4-6-14/h3,5,8,10,13,16H,4,7,9H2,1-2H3,(H,15,17). The minimum Gasteiger partial charge on any atom is -0.354 e. The second-order valence-corrected chi connectivity index (χ2v) is 5.36. The molecule has 1 aromatic rings. The van der Waals surface area contributed by atoms with Crippen LogP contribution in [0.2, 0.25) is 0 Å². The van der Waals surface area contributed by atoms with E-state index < -0.39 is 0 Å². The van der Waals surface area contributed by atoms with Gasteiger partial charge in [-0.3, -0.25) is 4.79 Å². The maximum Gasteiger partial charge on any atom is 0.234 e. The summed E-state index contributed by atoms with van der Waals surface area (Å²) in [7, 11) is 0. The Hall–Kier alpha value is -1.38. The lowest BCUT2D eigenvalue weighted by Gasteiger charge is -2.20. The summed E-state index contributed by atoms with van der Waals surface area (Å²) >= 11 is 1.70. The van der Waals surface area contributed by atoms with E-state index in [0.717, 1.165) is 0 Å². The molecule has 5 heteroatoms. The molecule has 0 spiro atoms. The number of nitrogens with zero attached hydrogens (tertiary/aromatic N) is 1. The van der Waals surface area contributed by atoms with Crippen LogP contribution in [0, 0.1) is 17.2 Å². The Kier molecular flexibility index (Phi) is 6.40. The Bertz CT molecular complexity index is 395. The van der Waals surface area contributed by atoms with Gasteiger partial charge in [0.15, 0.2) is 0 Å². The van der Waals surface area contributed by atoms with Gasteiger partial charge in [-0.2, -0.15) is 5.26 Å². The smallest absolute Gasteiger partial charge is 0.234 e. The zero-order valence-corrected chi connectivity index (χ0v) is 11.6. The number of carbonyl (C=O) groups is 1. The van der Waals surface area contributed by atoms with Crippen molar-refractivity contribution in [3.05, 3.63) is 22.4 Å². The Labute approximate surface area is 112 Å². The van der Waals surface area contributed by atoms with Crippen LogP contribution in [-0.4, -0.2) is 19.0 Å². The van der Waals surface area contributed by atoms with Crippen LogP contribution in [0.1, 0.15) is 31.2 Å². The summed E-state index contributed by atoms with van der Waals surface area (Å²) in [5, 5.41) is 16.4. The van der Waals surface area contributed by atoms with E-state index in [2.05, 4.69) is 30.5 Å². The fourth-order valence-corrected chi connectivity index (χ4v) is 2.63. The van der Waals surface area contributed by atoms with Gasteiger partial charge in [0.2, 0.25) is 5.91 Å². The van der Waals surface area contributed by atoms with Gasteiger partial charge in [-0.15, -0.1) is 11.3 Å². The Morgan fingerprint density at radius 3 is 2.89 bits per heavy atom. The molecule has 0 saturated heterocycles. The maximum absolute atomic E-state index is 11.5. The molecular formula is C13H19N3OS. The van der Waals surface area contributed by atoms with Crippen LogP contribution >= 0.6 is 11.3 Å². The second-order valence-electron chi connectivity index (χ2n) is 4.38. The molecule has 0 radical (unpaired) electrons. The summed E-state index contributed by atoms with van der Waals surface area (Å²) in [6.07, 6.45) is 0.351. The molecule has 1 atom stereocenters. The molecule has 18 heavy (non-hydrogen) atoms. The lowest BCUT2D eigenvalue weighted by molar-refractivity contribution is -0.120. The lowest BCUT2D eigenvalue weighted by Crippen LogP contribution is -2.37. The highest BCUT2D eigenvalue weighted by Crippen LogP contribution is 2.25. The van der Waals surface area contributed by atoms with Crippen LogP contribution in [0.3, 0.4) is 0 Å². The van der Waals surface area contributed by atoms with Crippen LogP contribution in [-0.2, 0) is 4.79 Å². The number of nitriles is 1. The van der Waals surface area contributed by atoms with E-state index >= 15 is 0 Å². The lowest BCUT2D eigenvalue weighted by atomic mass is 10.0. The number of amides is 1. The van der Waals surface area contributed by atoms with E-state index in [9.17, 15) is 4.79 Å². The highest BCUT2D eigenvalue weighted by Gasteiger charge is 2.17. The van der Waals surface area contributed by atoms with E-state index in [-0.39, 0.29) is 18.5 Å². The van der Waals surface area contributed by atoms with E-state index in [1.165, 1.54) is 4.88 Å². The summed E-state index contributed by atoms with van der Waals surface area (Å²) in [5.74, 6) is 0.364. The van der Waals surface area contributed by atoms with Gasteiger partial charge in [0.05, 0.1) is 19.0 Å². The SMILES string of the molecule is CC(C)C(NCC(=O)NCCC#N)c1cccs1. The summed E-state index contributed by atoms with van der Waals surface area (Å²) in [6.45, 7) is 4.96. The van der Waals surface area contributed by atoms with Crippen molar-refractivity contribution in [1.29, 1.82) is 5.26 Å². The quantitative estimate of drug-likeness (QED) is 0.742. The van der Waals surface area contributed by atoms with Crippen molar-refractivity contribution in [3.8, 4) is 6.07 Å². The number of hydrogen-bond donors (Lipinski definition) is 2. The first kappa shape index (κ1) is 14.7. The third-order valence-corrected chi connectivity index (χ3v) is 3.51. The van der Waals surface area contributed by atoms with Crippen molar-refractivity contribution in [1.82, 2.24) is 10.6 Å². The fourth-order valence-electron chi connectivity index (χ4n) is 1.66. The number of hydrogen-bond acceptors (Lipinski definition) is 4. The molecule has 0 aliphatic rings. The fraction of sp³-hybridized carbons (Fsp3) is 0.538. The number of carbonyl (C=O) groups excluding carboxylic acids is 1. The van der Waals surface area contributed by atoms with Gasteiger partial charge in [-0.05, 0) is 17.4 Å². The largest absolute Gasteiger partial charge is 0.354 e. The number of rotatable bonds is 7. The minimum absolute atomic E-state index is 0.0625. The zero-order valence-electron chi connectivity index (χ0n) is 10.8. The monoisotopic (exact) mass is 265 g/mol. The molecule has 98 valence electrons. The number of thiophene rings is 1. The molecule has 1 amide bonds. The van der Waals surface area contributed by atoms with Gasteiger partial charge < -0.3 is 10.6 Å². The Morgan fingerprint density at radius 1 is 1.56 bits per heavy atom. The van der Waals surface area contributed by atoms with Gasteiger partial charge in [0.1, 0.15) is 0 Å². The average molecular weight is 265 g/mol. The molecule has 2 N–H and O–H groups in total. The second kappa shape index (κ2) is 7.85. The third kappa shape index (κ3) is 4.86.